The maximum absolute atomic E-state index is 3.67. The first-order valence-electron chi connectivity index (χ1n) is 13.5. The SMILES string of the molecule is c1ccc(Nc2ccc3c(c2)C2(c4ccccc4-c4ccccc42)c2ccccc2N3c2ccccc2)cc1. The van der Waals surface area contributed by atoms with Crippen molar-refractivity contribution in [3.63, 3.8) is 0 Å². The number of benzene rings is 6. The van der Waals surface area contributed by atoms with Crippen LogP contribution in [0.3, 0.4) is 0 Å². The Morgan fingerprint density at radius 2 is 0.949 bits per heavy atom. The Balaban J connectivity index is 1.49. The summed E-state index contributed by atoms with van der Waals surface area (Å²) in [6.07, 6.45) is 0. The molecular weight excluding hydrogens is 472 g/mol. The lowest BCUT2D eigenvalue weighted by molar-refractivity contribution is 0.753. The Morgan fingerprint density at radius 1 is 0.410 bits per heavy atom. The second kappa shape index (κ2) is 8.47. The van der Waals surface area contributed by atoms with Crippen molar-refractivity contribution in [3.8, 4) is 11.1 Å². The fourth-order valence-electron chi connectivity index (χ4n) is 6.73. The van der Waals surface area contributed by atoms with E-state index in [1.165, 1.54) is 44.8 Å². The van der Waals surface area contributed by atoms with Crippen LogP contribution in [0.5, 0.6) is 0 Å². The number of nitrogens with zero attached hydrogens (tertiary/aromatic N) is 1. The number of para-hydroxylation sites is 3. The minimum absolute atomic E-state index is 0.432. The van der Waals surface area contributed by atoms with Gasteiger partial charge in [-0.25, -0.2) is 0 Å². The molecule has 1 aliphatic carbocycles. The van der Waals surface area contributed by atoms with Gasteiger partial charge in [0.1, 0.15) is 0 Å². The van der Waals surface area contributed by atoms with Gasteiger partial charge in [0.2, 0.25) is 0 Å². The molecule has 0 unspecified atom stereocenters. The summed E-state index contributed by atoms with van der Waals surface area (Å²) in [5.41, 5.74) is 13.2. The smallest absolute Gasteiger partial charge is 0.0755 e. The summed E-state index contributed by atoms with van der Waals surface area (Å²) in [6, 6.07) is 54.8. The molecular formula is C37H26N2. The van der Waals surface area contributed by atoms with Gasteiger partial charge in [-0.15, -0.1) is 0 Å². The molecule has 0 atom stereocenters. The van der Waals surface area contributed by atoms with Gasteiger partial charge in [-0.3, -0.25) is 0 Å². The van der Waals surface area contributed by atoms with Crippen molar-refractivity contribution in [1.82, 2.24) is 0 Å². The Kier molecular flexibility index (Phi) is 4.77. The highest BCUT2D eigenvalue weighted by molar-refractivity contribution is 5.96. The number of hydrogen-bond donors (Lipinski definition) is 1. The number of fused-ring (bicyclic) bond motifs is 9. The van der Waals surface area contributed by atoms with Crippen LogP contribution in [0.15, 0.2) is 152 Å². The summed E-state index contributed by atoms with van der Waals surface area (Å²) in [4.78, 5) is 2.42. The third-order valence-electron chi connectivity index (χ3n) is 8.22. The van der Waals surface area contributed by atoms with Crippen LogP contribution in [0.4, 0.5) is 28.4 Å². The molecule has 0 bridgehead atoms. The van der Waals surface area contributed by atoms with Gasteiger partial charge in [0.25, 0.3) is 0 Å². The van der Waals surface area contributed by atoms with Crippen LogP contribution in [-0.2, 0) is 5.41 Å². The van der Waals surface area contributed by atoms with Gasteiger partial charge >= 0.3 is 0 Å². The lowest BCUT2D eigenvalue weighted by Crippen LogP contribution is -2.36. The summed E-state index contributed by atoms with van der Waals surface area (Å²) < 4.78 is 0. The quantitative estimate of drug-likeness (QED) is 0.261. The van der Waals surface area contributed by atoms with Crippen molar-refractivity contribution in [2.75, 3.05) is 10.2 Å². The summed E-state index contributed by atoms with van der Waals surface area (Å²) in [6.45, 7) is 0. The molecule has 184 valence electrons. The van der Waals surface area contributed by atoms with Crippen molar-refractivity contribution in [2.45, 2.75) is 5.41 Å². The highest BCUT2D eigenvalue weighted by Crippen LogP contribution is 2.63. The average Bonchev–Trinajstić information content (AvgIpc) is 3.30. The minimum atomic E-state index is -0.432. The molecule has 0 radical (unpaired) electrons. The summed E-state index contributed by atoms with van der Waals surface area (Å²) >= 11 is 0. The summed E-state index contributed by atoms with van der Waals surface area (Å²) in [5.74, 6) is 0. The summed E-state index contributed by atoms with van der Waals surface area (Å²) in [7, 11) is 0. The molecule has 6 aromatic carbocycles. The fraction of sp³-hybridized carbons (Fsp3) is 0.0270. The lowest BCUT2D eigenvalue weighted by atomic mass is 9.64. The zero-order valence-electron chi connectivity index (χ0n) is 21.4. The standard InChI is InChI=1S/C37H26N2/c1-3-13-26(14-4-1)38-27-23-24-36-34(25-27)37(31-19-9-7-17-29(31)30-18-8-10-20-32(30)37)33-21-11-12-22-35(33)39(36)28-15-5-2-6-16-28/h1-25,38H. The van der Waals surface area contributed by atoms with Crippen molar-refractivity contribution in [2.24, 2.45) is 0 Å². The van der Waals surface area contributed by atoms with E-state index in [1.807, 2.05) is 6.07 Å². The fourth-order valence-corrected chi connectivity index (χ4v) is 6.73. The van der Waals surface area contributed by atoms with Crippen molar-refractivity contribution >= 4 is 28.4 Å². The van der Waals surface area contributed by atoms with Crippen LogP contribution >= 0.6 is 0 Å². The minimum Gasteiger partial charge on any atom is -0.356 e. The van der Waals surface area contributed by atoms with E-state index in [-0.39, 0.29) is 0 Å². The predicted molar refractivity (Wildman–Crippen MR) is 162 cm³/mol. The van der Waals surface area contributed by atoms with Gasteiger partial charge < -0.3 is 10.2 Å². The number of rotatable bonds is 3. The molecule has 0 amide bonds. The van der Waals surface area contributed by atoms with E-state index >= 15 is 0 Å². The highest BCUT2D eigenvalue weighted by atomic mass is 15.2. The van der Waals surface area contributed by atoms with Crippen molar-refractivity contribution in [1.29, 1.82) is 0 Å². The molecule has 0 saturated carbocycles. The van der Waals surface area contributed by atoms with Gasteiger partial charge in [0.15, 0.2) is 0 Å². The second-order valence-electron chi connectivity index (χ2n) is 10.3. The van der Waals surface area contributed by atoms with E-state index in [4.69, 9.17) is 0 Å². The third-order valence-corrected chi connectivity index (χ3v) is 8.22. The van der Waals surface area contributed by atoms with Crippen LogP contribution in [0.1, 0.15) is 22.3 Å². The molecule has 2 heteroatoms. The summed E-state index contributed by atoms with van der Waals surface area (Å²) in [5, 5.41) is 3.67. The van der Waals surface area contributed by atoms with E-state index in [0.29, 0.717) is 0 Å². The topological polar surface area (TPSA) is 15.3 Å². The highest BCUT2D eigenvalue weighted by Gasteiger charge is 2.51. The molecule has 2 nitrogen and oxygen atoms in total. The molecule has 1 spiro atoms. The monoisotopic (exact) mass is 498 g/mol. The third kappa shape index (κ3) is 3.09. The maximum atomic E-state index is 3.67. The molecule has 0 fully saturated rings. The molecule has 39 heavy (non-hydrogen) atoms. The normalized spacial score (nSPS) is 13.8. The lowest BCUT2D eigenvalue weighted by Gasteiger charge is -2.45. The zero-order valence-corrected chi connectivity index (χ0v) is 21.4. The molecule has 0 saturated heterocycles. The Bertz CT molecular complexity index is 1790. The Morgan fingerprint density at radius 3 is 1.64 bits per heavy atom. The molecule has 2 aliphatic rings. The van der Waals surface area contributed by atoms with E-state index in [2.05, 4.69) is 156 Å². The number of nitrogens with one attached hydrogen (secondary N) is 1. The van der Waals surface area contributed by atoms with E-state index in [1.54, 1.807) is 0 Å². The molecule has 1 aliphatic heterocycles. The van der Waals surface area contributed by atoms with Crippen LogP contribution in [0.2, 0.25) is 0 Å². The Labute approximate surface area is 228 Å². The largest absolute Gasteiger partial charge is 0.356 e. The van der Waals surface area contributed by atoms with Crippen LogP contribution in [0, 0.1) is 0 Å². The van der Waals surface area contributed by atoms with Gasteiger partial charge in [-0.2, -0.15) is 0 Å². The molecule has 6 aromatic rings. The molecule has 1 heterocycles. The Hall–Kier alpha value is -5.08. The van der Waals surface area contributed by atoms with E-state index in [0.717, 1.165) is 17.1 Å². The van der Waals surface area contributed by atoms with Crippen LogP contribution in [0.25, 0.3) is 11.1 Å². The van der Waals surface area contributed by atoms with Crippen molar-refractivity contribution in [3.05, 3.63) is 174 Å². The van der Waals surface area contributed by atoms with Crippen molar-refractivity contribution < 1.29 is 0 Å². The number of hydrogen-bond acceptors (Lipinski definition) is 2. The molecule has 0 aromatic heterocycles. The van der Waals surface area contributed by atoms with Gasteiger partial charge in [-0.1, -0.05) is 103 Å². The van der Waals surface area contributed by atoms with Gasteiger partial charge in [0, 0.05) is 17.1 Å². The van der Waals surface area contributed by atoms with Gasteiger partial charge in [0.05, 0.1) is 16.8 Å². The van der Waals surface area contributed by atoms with E-state index < -0.39 is 5.41 Å². The molecule has 1 N–H and O–H groups in total. The average molecular weight is 499 g/mol. The number of anilines is 5. The zero-order chi connectivity index (χ0) is 25.8. The first-order valence-corrected chi connectivity index (χ1v) is 13.5. The van der Waals surface area contributed by atoms with Crippen LogP contribution < -0.4 is 10.2 Å². The predicted octanol–water partition coefficient (Wildman–Crippen LogP) is 9.58. The molecule has 8 rings (SSSR count). The first kappa shape index (κ1) is 22.0. The maximum Gasteiger partial charge on any atom is 0.0755 e. The second-order valence-corrected chi connectivity index (χ2v) is 10.3. The first-order chi connectivity index (χ1) is 19.4. The van der Waals surface area contributed by atoms with Gasteiger partial charge in [-0.05, 0) is 81.9 Å². The van der Waals surface area contributed by atoms with Crippen LogP contribution in [-0.4, -0.2) is 0 Å². The van der Waals surface area contributed by atoms with E-state index in [9.17, 15) is 0 Å².